The molecule has 1 amide bonds. The first kappa shape index (κ1) is 20.6. The van der Waals surface area contributed by atoms with Gasteiger partial charge in [0.25, 0.3) is 5.91 Å². The van der Waals surface area contributed by atoms with Crippen LogP contribution in [0.25, 0.3) is 5.82 Å². The number of carbonyl (C=O) groups is 1. The third-order valence-electron chi connectivity index (χ3n) is 4.14. The molecule has 10 heteroatoms. The predicted molar refractivity (Wildman–Crippen MR) is 108 cm³/mol. The largest absolute Gasteiger partial charge is 0.383 e. The van der Waals surface area contributed by atoms with Gasteiger partial charge in [-0.1, -0.05) is 6.07 Å². The van der Waals surface area contributed by atoms with E-state index < -0.39 is 10.0 Å². The molecule has 0 bridgehead atoms. The lowest BCUT2D eigenvalue weighted by molar-refractivity contribution is 0.102. The minimum atomic E-state index is -3.63. The van der Waals surface area contributed by atoms with E-state index in [1.165, 1.54) is 37.6 Å². The number of methoxy groups -OCH3 is 1. The van der Waals surface area contributed by atoms with E-state index in [0.717, 1.165) is 0 Å². The SMILES string of the molecule is COCCNS(=O)(=O)c1ccc(NC(=O)c2cnn(-c3ccccn3)c2C)cc1. The standard InChI is InChI=1S/C19H21N5O4S/c1-14-17(13-21-24(14)18-5-3-4-10-20-18)19(25)23-15-6-8-16(9-7-15)29(26,27)22-11-12-28-2/h3-10,13,22H,11-12H2,1-2H3,(H,23,25). The van der Waals surface area contributed by atoms with E-state index in [1.54, 1.807) is 29.9 Å². The number of anilines is 1. The van der Waals surface area contributed by atoms with Gasteiger partial charge in [0.15, 0.2) is 5.82 Å². The highest BCUT2D eigenvalue weighted by Crippen LogP contribution is 2.17. The summed E-state index contributed by atoms with van der Waals surface area (Å²) in [5.41, 5.74) is 1.51. The lowest BCUT2D eigenvalue weighted by Gasteiger charge is -2.08. The second-order valence-electron chi connectivity index (χ2n) is 6.11. The number of aromatic nitrogens is 3. The molecular weight excluding hydrogens is 394 g/mol. The van der Waals surface area contributed by atoms with Crippen LogP contribution in [0.5, 0.6) is 0 Å². The number of pyridine rings is 1. The van der Waals surface area contributed by atoms with Crippen molar-refractivity contribution >= 4 is 21.6 Å². The Bertz CT molecular complexity index is 1080. The molecule has 3 rings (SSSR count). The van der Waals surface area contributed by atoms with Gasteiger partial charge in [-0.15, -0.1) is 0 Å². The van der Waals surface area contributed by atoms with Gasteiger partial charge in [-0.2, -0.15) is 5.10 Å². The highest BCUT2D eigenvalue weighted by molar-refractivity contribution is 7.89. The van der Waals surface area contributed by atoms with Gasteiger partial charge in [-0.3, -0.25) is 4.79 Å². The van der Waals surface area contributed by atoms with Crippen molar-refractivity contribution in [3.05, 3.63) is 66.1 Å². The summed E-state index contributed by atoms with van der Waals surface area (Å²) < 4.78 is 33.2. The van der Waals surface area contributed by atoms with Crippen molar-refractivity contribution in [3.8, 4) is 5.82 Å². The Morgan fingerprint density at radius 1 is 1.17 bits per heavy atom. The van der Waals surface area contributed by atoms with E-state index in [-0.39, 0.29) is 24.0 Å². The number of hydrogen-bond acceptors (Lipinski definition) is 6. The quantitative estimate of drug-likeness (QED) is 0.542. The van der Waals surface area contributed by atoms with E-state index in [1.807, 2.05) is 6.07 Å². The summed E-state index contributed by atoms with van der Waals surface area (Å²) in [6.07, 6.45) is 3.12. The van der Waals surface area contributed by atoms with E-state index in [2.05, 4.69) is 20.1 Å². The normalized spacial score (nSPS) is 11.4. The molecule has 2 aromatic heterocycles. The van der Waals surface area contributed by atoms with Crippen LogP contribution in [0.4, 0.5) is 5.69 Å². The van der Waals surface area contributed by atoms with Crippen molar-refractivity contribution in [2.75, 3.05) is 25.6 Å². The number of hydrogen-bond donors (Lipinski definition) is 2. The molecule has 0 unspecified atom stereocenters. The average molecular weight is 415 g/mol. The van der Waals surface area contributed by atoms with Crippen molar-refractivity contribution in [3.63, 3.8) is 0 Å². The van der Waals surface area contributed by atoms with Gasteiger partial charge >= 0.3 is 0 Å². The second kappa shape index (κ2) is 8.95. The summed E-state index contributed by atoms with van der Waals surface area (Å²) in [4.78, 5) is 16.9. The number of nitrogens with zero attached hydrogens (tertiary/aromatic N) is 3. The van der Waals surface area contributed by atoms with Crippen molar-refractivity contribution in [1.29, 1.82) is 0 Å². The Kier molecular flexibility index (Phi) is 6.37. The molecule has 0 saturated carbocycles. The van der Waals surface area contributed by atoms with Crippen LogP contribution in [0.1, 0.15) is 16.1 Å². The molecule has 29 heavy (non-hydrogen) atoms. The fraction of sp³-hybridized carbons (Fsp3) is 0.211. The van der Waals surface area contributed by atoms with Crippen molar-refractivity contribution in [2.45, 2.75) is 11.8 Å². The molecule has 2 heterocycles. The van der Waals surface area contributed by atoms with Gasteiger partial charge in [0.1, 0.15) is 0 Å². The lowest BCUT2D eigenvalue weighted by atomic mass is 10.2. The summed E-state index contributed by atoms with van der Waals surface area (Å²) in [6.45, 7) is 2.23. The zero-order valence-corrected chi connectivity index (χ0v) is 16.8. The molecule has 0 saturated heterocycles. The van der Waals surface area contributed by atoms with Crippen LogP contribution < -0.4 is 10.0 Å². The first-order valence-electron chi connectivity index (χ1n) is 8.78. The Morgan fingerprint density at radius 3 is 2.59 bits per heavy atom. The zero-order chi connectivity index (χ0) is 20.9. The number of rotatable bonds is 8. The molecule has 0 aliphatic carbocycles. The van der Waals surface area contributed by atoms with Gasteiger partial charge in [0.05, 0.1) is 29.0 Å². The summed E-state index contributed by atoms with van der Waals surface area (Å²) in [5.74, 6) is 0.262. The van der Waals surface area contributed by atoms with Crippen LogP contribution in [0.2, 0.25) is 0 Å². The van der Waals surface area contributed by atoms with Crippen LogP contribution in [0.15, 0.2) is 59.8 Å². The average Bonchev–Trinajstić information content (AvgIpc) is 3.10. The molecule has 0 aliphatic rings. The molecule has 0 atom stereocenters. The molecular formula is C19H21N5O4S. The van der Waals surface area contributed by atoms with Crippen LogP contribution in [0, 0.1) is 6.92 Å². The summed E-state index contributed by atoms with van der Waals surface area (Å²) in [6, 6.07) is 11.3. The number of amides is 1. The molecule has 0 radical (unpaired) electrons. The topological polar surface area (TPSA) is 115 Å². The van der Waals surface area contributed by atoms with E-state index in [0.29, 0.717) is 22.8 Å². The second-order valence-corrected chi connectivity index (χ2v) is 7.88. The van der Waals surface area contributed by atoms with E-state index in [9.17, 15) is 13.2 Å². The minimum Gasteiger partial charge on any atom is -0.383 e. The Hall–Kier alpha value is -3.08. The third kappa shape index (κ3) is 4.86. The Balaban J connectivity index is 1.71. The smallest absolute Gasteiger partial charge is 0.259 e. The number of carbonyl (C=O) groups excluding carboxylic acids is 1. The summed E-state index contributed by atoms with van der Waals surface area (Å²) >= 11 is 0. The first-order chi connectivity index (χ1) is 13.9. The van der Waals surface area contributed by atoms with Crippen molar-refractivity contribution in [2.24, 2.45) is 0 Å². The van der Waals surface area contributed by atoms with Crippen molar-refractivity contribution in [1.82, 2.24) is 19.5 Å². The van der Waals surface area contributed by atoms with Crippen LogP contribution >= 0.6 is 0 Å². The van der Waals surface area contributed by atoms with Gasteiger partial charge in [-0.25, -0.2) is 22.8 Å². The predicted octanol–water partition coefficient (Wildman–Crippen LogP) is 1.75. The molecule has 2 N–H and O–H groups in total. The van der Waals surface area contributed by atoms with Crippen molar-refractivity contribution < 1.29 is 17.9 Å². The highest BCUT2D eigenvalue weighted by atomic mass is 32.2. The minimum absolute atomic E-state index is 0.103. The van der Waals surface area contributed by atoms with Gasteiger partial charge in [-0.05, 0) is 43.3 Å². The fourth-order valence-corrected chi connectivity index (χ4v) is 3.63. The number of sulfonamides is 1. The van der Waals surface area contributed by atoms with Gasteiger partial charge in [0, 0.05) is 25.5 Å². The molecule has 3 aromatic rings. The molecule has 0 fully saturated rings. The third-order valence-corrected chi connectivity index (χ3v) is 5.62. The molecule has 9 nitrogen and oxygen atoms in total. The number of nitrogens with one attached hydrogen (secondary N) is 2. The molecule has 1 aromatic carbocycles. The van der Waals surface area contributed by atoms with Crippen LogP contribution in [-0.2, 0) is 14.8 Å². The van der Waals surface area contributed by atoms with Gasteiger partial charge in [0.2, 0.25) is 10.0 Å². The summed E-state index contributed by atoms with van der Waals surface area (Å²) in [5, 5.41) is 6.97. The fourth-order valence-electron chi connectivity index (χ4n) is 2.62. The first-order valence-corrected chi connectivity index (χ1v) is 10.3. The maximum Gasteiger partial charge on any atom is 0.259 e. The number of benzene rings is 1. The zero-order valence-electron chi connectivity index (χ0n) is 16.0. The maximum atomic E-state index is 12.6. The van der Waals surface area contributed by atoms with Gasteiger partial charge < -0.3 is 10.1 Å². The highest BCUT2D eigenvalue weighted by Gasteiger charge is 2.17. The Morgan fingerprint density at radius 2 is 1.93 bits per heavy atom. The van der Waals surface area contributed by atoms with E-state index >= 15 is 0 Å². The van der Waals surface area contributed by atoms with E-state index in [4.69, 9.17) is 4.74 Å². The lowest BCUT2D eigenvalue weighted by Crippen LogP contribution is -2.27. The molecule has 152 valence electrons. The number of ether oxygens (including phenoxy) is 1. The monoisotopic (exact) mass is 415 g/mol. The Labute approximate surface area is 168 Å². The molecule has 0 aliphatic heterocycles. The van der Waals surface area contributed by atoms with Crippen LogP contribution in [0.3, 0.4) is 0 Å². The van der Waals surface area contributed by atoms with Crippen LogP contribution in [-0.4, -0.2) is 49.4 Å². The molecule has 0 spiro atoms. The maximum absolute atomic E-state index is 12.6. The summed E-state index contributed by atoms with van der Waals surface area (Å²) in [7, 11) is -2.13.